The zero-order chi connectivity index (χ0) is 11.7. The van der Waals surface area contributed by atoms with Gasteiger partial charge in [-0.1, -0.05) is 13.8 Å². The first-order valence-electron chi connectivity index (χ1n) is 5.17. The normalized spacial score (nSPS) is 11.1. The van der Waals surface area contributed by atoms with Gasteiger partial charge in [0.05, 0.1) is 5.69 Å². The van der Waals surface area contributed by atoms with Crippen molar-refractivity contribution in [2.75, 3.05) is 0 Å². The Kier molecular flexibility index (Phi) is 3.01. The highest BCUT2D eigenvalue weighted by atomic mass is 32.1. The van der Waals surface area contributed by atoms with Crippen molar-refractivity contribution >= 4 is 11.3 Å². The van der Waals surface area contributed by atoms with Crippen molar-refractivity contribution < 1.29 is 4.39 Å². The molecule has 2 heterocycles. The Morgan fingerprint density at radius 3 is 2.69 bits per heavy atom. The van der Waals surface area contributed by atoms with Crippen LogP contribution in [0.15, 0.2) is 18.3 Å². The molecule has 0 fully saturated rings. The molecule has 0 aliphatic carbocycles. The maximum Gasteiger partial charge on any atom is 0.213 e. The minimum Gasteiger partial charge on any atom is -0.241 e. The molecule has 0 saturated carbocycles. The molecule has 16 heavy (non-hydrogen) atoms. The molecule has 4 heteroatoms. The van der Waals surface area contributed by atoms with Crippen molar-refractivity contribution in [2.45, 2.75) is 26.7 Å². The molecule has 0 atom stereocenters. The first-order chi connectivity index (χ1) is 7.58. The van der Waals surface area contributed by atoms with Gasteiger partial charge in [-0.05, 0) is 18.9 Å². The van der Waals surface area contributed by atoms with Crippen molar-refractivity contribution in [3.63, 3.8) is 0 Å². The van der Waals surface area contributed by atoms with E-state index in [0.29, 0.717) is 5.92 Å². The second-order valence-electron chi connectivity index (χ2n) is 3.99. The summed E-state index contributed by atoms with van der Waals surface area (Å²) < 4.78 is 13.0. The van der Waals surface area contributed by atoms with Gasteiger partial charge in [0.25, 0.3) is 0 Å². The van der Waals surface area contributed by atoms with Gasteiger partial charge in [0.2, 0.25) is 5.95 Å². The van der Waals surface area contributed by atoms with Crippen LogP contribution in [-0.4, -0.2) is 9.97 Å². The summed E-state index contributed by atoms with van der Waals surface area (Å²) in [6, 6.07) is 3.20. The number of rotatable bonds is 2. The lowest BCUT2D eigenvalue weighted by Gasteiger charge is -1.99. The lowest BCUT2D eigenvalue weighted by atomic mass is 10.1. The summed E-state index contributed by atoms with van der Waals surface area (Å²) in [5.41, 5.74) is 1.83. The van der Waals surface area contributed by atoms with Crippen LogP contribution in [-0.2, 0) is 0 Å². The zero-order valence-corrected chi connectivity index (χ0v) is 10.3. The molecule has 0 saturated heterocycles. The Morgan fingerprint density at radius 2 is 2.12 bits per heavy atom. The minimum absolute atomic E-state index is 0.456. The number of halogens is 1. The third-order valence-electron chi connectivity index (χ3n) is 2.33. The maximum absolute atomic E-state index is 13.0. The molecule has 0 N–H and O–H groups in total. The average molecular weight is 236 g/mol. The molecule has 0 radical (unpaired) electrons. The molecule has 2 rings (SSSR count). The van der Waals surface area contributed by atoms with Crippen LogP contribution in [0.5, 0.6) is 0 Å². The summed E-state index contributed by atoms with van der Waals surface area (Å²) in [7, 11) is 0. The van der Waals surface area contributed by atoms with E-state index in [0.717, 1.165) is 16.3 Å². The van der Waals surface area contributed by atoms with E-state index >= 15 is 0 Å². The predicted octanol–water partition coefficient (Wildman–Crippen LogP) is 3.78. The second-order valence-corrected chi connectivity index (χ2v) is 5.02. The van der Waals surface area contributed by atoms with Gasteiger partial charge in [0.1, 0.15) is 5.01 Å². The molecule has 0 aliphatic rings. The number of nitrogens with zero attached hydrogens (tertiary/aromatic N) is 2. The van der Waals surface area contributed by atoms with Crippen LogP contribution in [0.2, 0.25) is 0 Å². The fourth-order valence-corrected chi connectivity index (χ4v) is 2.67. The van der Waals surface area contributed by atoms with E-state index in [4.69, 9.17) is 0 Å². The van der Waals surface area contributed by atoms with E-state index in [2.05, 4.69) is 23.8 Å². The van der Waals surface area contributed by atoms with Gasteiger partial charge in [-0.2, -0.15) is 4.39 Å². The first kappa shape index (κ1) is 11.2. The van der Waals surface area contributed by atoms with Gasteiger partial charge in [-0.15, -0.1) is 11.3 Å². The topological polar surface area (TPSA) is 25.8 Å². The highest BCUT2D eigenvalue weighted by Gasteiger charge is 2.12. The third kappa shape index (κ3) is 2.11. The van der Waals surface area contributed by atoms with E-state index in [9.17, 15) is 4.39 Å². The maximum atomic E-state index is 13.0. The smallest absolute Gasteiger partial charge is 0.213 e. The Bertz CT molecular complexity index is 505. The Balaban J connectivity index is 2.45. The van der Waals surface area contributed by atoms with Gasteiger partial charge >= 0.3 is 0 Å². The van der Waals surface area contributed by atoms with Crippen LogP contribution in [0.1, 0.15) is 30.3 Å². The van der Waals surface area contributed by atoms with Crippen LogP contribution < -0.4 is 0 Å². The first-order valence-corrected chi connectivity index (χ1v) is 5.99. The van der Waals surface area contributed by atoms with Crippen LogP contribution in [0.25, 0.3) is 10.6 Å². The van der Waals surface area contributed by atoms with Gasteiger partial charge in [0.15, 0.2) is 0 Å². The summed E-state index contributed by atoms with van der Waals surface area (Å²) in [5, 5.41) is 0.863. The monoisotopic (exact) mass is 236 g/mol. The molecule has 0 unspecified atom stereocenters. The summed E-state index contributed by atoms with van der Waals surface area (Å²) >= 11 is 1.62. The molecular formula is C12H13FN2S. The van der Waals surface area contributed by atoms with Crippen molar-refractivity contribution in [1.29, 1.82) is 0 Å². The highest BCUT2D eigenvalue weighted by Crippen LogP contribution is 2.32. The van der Waals surface area contributed by atoms with Crippen LogP contribution in [0.4, 0.5) is 4.39 Å². The number of hydrogen-bond acceptors (Lipinski definition) is 3. The number of aryl methyl sites for hydroxylation is 1. The standard InChI is InChI=1S/C12H13FN2S/c1-7(2)11-8(3)15-12(16-11)9-4-5-14-10(13)6-9/h4-7H,1-3H3. The summed E-state index contributed by atoms with van der Waals surface area (Å²) in [5.74, 6) is -0.00520. The molecule has 0 aliphatic heterocycles. The van der Waals surface area contributed by atoms with Crippen molar-refractivity contribution in [1.82, 2.24) is 9.97 Å². The molecule has 0 bridgehead atoms. The number of pyridine rings is 1. The third-order valence-corrected chi connectivity index (χ3v) is 3.84. The molecule has 0 amide bonds. The summed E-state index contributed by atoms with van der Waals surface area (Å²) in [6.07, 6.45) is 1.47. The molecular weight excluding hydrogens is 223 g/mol. The quantitative estimate of drug-likeness (QED) is 0.742. The van der Waals surface area contributed by atoms with E-state index < -0.39 is 5.95 Å². The lowest BCUT2D eigenvalue weighted by molar-refractivity contribution is 0.584. The molecule has 2 nitrogen and oxygen atoms in total. The highest BCUT2D eigenvalue weighted by molar-refractivity contribution is 7.15. The molecule has 84 valence electrons. The Labute approximate surface area is 98.2 Å². The van der Waals surface area contributed by atoms with Gasteiger partial charge in [-0.25, -0.2) is 9.97 Å². The fraction of sp³-hybridized carbons (Fsp3) is 0.333. The second kappa shape index (κ2) is 4.29. The summed E-state index contributed by atoms with van der Waals surface area (Å²) in [4.78, 5) is 9.26. The van der Waals surface area contributed by atoms with E-state index in [-0.39, 0.29) is 0 Å². The van der Waals surface area contributed by atoms with Gasteiger partial charge < -0.3 is 0 Å². The fourth-order valence-electron chi connectivity index (χ4n) is 1.60. The molecule has 2 aromatic rings. The van der Waals surface area contributed by atoms with Crippen molar-refractivity contribution in [3.05, 3.63) is 34.8 Å². The van der Waals surface area contributed by atoms with Gasteiger partial charge in [0, 0.05) is 22.7 Å². The SMILES string of the molecule is Cc1nc(-c2ccnc(F)c2)sc1C(C)C. The lowest BCUT2D eigenvalue weighted by Crippen LogP contribution is -1.85. The van der Waals surface area contributed by atoms with Crippen LogP contribution >= 0.6 is 11.3 Å². The molecule has 0 spiro atoms. The van der Waals surface area contributed by atoms with Crippen LogP contribution in [0.3, 0.4) is 0 Å². The largest absolute Gasteiger partial charge is 0.241 e. The van der Waals surface area contributed by atoms with Crippen molar-refractivity contribution in [2.24, 2.45) is 0 Å². The molecule has 0 aromatic carbocycles. The van der Waals surface area contributed by atoms with Crippen molar-refractivity contribution in [3.8, 4) is 10.6 Å². The number of aromatic nitrogens is 2. The molecule has 2 aromatic heterocycles. The Morgan fingerprint density at radius 1 is 1.38 bits per heavy atom. The number of hydrogen-bond donors (Lipinski definition) is 0. The summed E-state index contributed by atoms with van der Waals surface area (Å²) in [6.45, 7) is 6.27. The zero-order valence-electron chi connectivity index (χ0n) is 9.49. The van der Waals surface area contributed by atoms with E-state index in [1.807, 2.05) is 6.92 Å². The number of thiazole rings is 1. The van der Waals surface area contributed by atoms with Crippen LogP contribution in [0, 0.1) is 12.9 Å². The Hall–Kier alpha value is -1.29. The van der Waals surface area contributed by atoms with Gasteiger partial charge in [-0.3, -0.25) is 0 Å². The average Bonchev–Trinajstić information content (AvgIpc) is 2.60. The van der Waals surface area contributed by atoms with E-state index in [1.165, 1.54) is 17.1 Å². The minimum atomic E-state index is -0.462. The van der Waals surface area contributed by atoms with E-state index in [1.54, 1.807) is 17.4 Å². The predicted molar refractivity (Wildman–Crippen MR) is 64.1 cm³/mol.